The molecule has 0 aromatic heterocycles. The fraction of sp³-hybridized carbons (Fsp3) is 0.839. The van der Waals surface area contributed by atoms with E-state index in [9.17, 15) is 19.2 Å². The van der Waals surface area contributed by atoms with Crippen molar-refractivity contribution in [1.29, 1.82) is 0 Å². The minimum absolute atomic E-state index is 0.0438. The molecule has 10 heteroatoms. The number of hydrogen-bond donors (Lipinski definition) is 2. The zero-order valence-electron chi connectivity index (χ0n) is 25.2. The SMILES string of the molecule is CC1(CN=C=NCC2(C)CCCC(NC(=O)N3CCCCCC3=O)C2)CCCC(NC(=O)N2CCCCCC2=O)C1. The number of nitrogens with one attached hydrogen (secondary N) is 2. The Hall–Kier alpha value is -2.74. The molecule has 4 rings (SSSR count). The van der Waals surface area contributed by atoms with E-state index in [1.807, 2.05) is 0 Å². The third-order valence-corrected chi connectivity index (χ3v) is 9.50. The van der Waals surface area contributed by atoms with Gasteiger partial charge in [0, 0.05) is 38.0 Å². The number of amides is 6. The van der Waals surface area contributed by atoms with Crippen molar-refractivity contribution in [2.75, 3.05) is 26.2 Å². The zero-order valence-corrected chi connectivity index (χ0v) is 25.2. The Morgan fingerprint density at radius 1 is 0.732 bits per heavy atom. The summed E-state index contributed by atoms with van der Waals surface area (Å²) in [6.07, 6.45) is 14.0. The lowest BCUT2D eigenvalue weighted by atomic mass is 9.73. The number of aliphatic imine (C=N–C) groups is 2. The molecule has 0 radical (unpaired) electrons. The van der Waals surface area contributed by atoms with E-state index in [-0.39, 0.29) is 46.8 Å². The highest BCUT2D eigenvalue weighted by Crippen LogP contribution is 2.37. The predicted molar refractivity (Wildman–Crippen MR) is 158 cm³/mol. The number of urea groups is 2. The highest BCUT2D eigenvalue weighted by atomic mass is 16.2. The molecule has 0 bridgehead atoms. The van der Waals surface area contributed by atoms with Gasteiger partial charge in [-0.15, -0.1) is 0 Å². The highest BCUT2D eigenvalue weighted by molar-refractivity contribution is 5.95. The van der Waals surface area contributed by atoms with Gasteiger partial charge in [-0.2, -0.15) is 0 Å². The molecule has 4 atom stereocenters. The summed E-state index contributed by atoms with van der Waals surface area (Å²) in [6.45, 7) is 6.64. The molecule has 4 aliphatic rings. The largest absolute Gasteiger partial charge is 0.335 e. The normalized spacial score (nSPS) is 31.4. The Labute approximate surface area is 245 Å². The van der Waals surface area contributed by atoms with Crippen LogP contribution < -0.4 is 10.6 Å². The first-order chi connectivity index (χ1) is 19.7. The Balaban J connectivity index is 1.23. The van der Waals surface area contributed by atoms with Crippen LogP contribution in [0.25, 0.3) is 0 Å². The standard InChI is InChI=1S/C31H50N6O4/c1-30(15-9-11-24(19-30)34-28(40)36-17-7-3-5-13-26(36)38)21-32-23-33-22-31(2)16-10-12-25(20-31)35-29(41)37-18-8-4-6-14-27(37)39/h24-25H,3-22H2,1-2H3,(H,34,40)(H,35,41). The number of carbonyl (C=O) groups is 4. The lowest BCUT2D eigenvalue weighted by Crippen LogP contribution is -2.50. The van der Waals surface area contributed by atoms with Crippen LogP contribution in [0.5, 0.6) is 0 Å². The van der Waals surface area contributed by atoms with Crippen molar-refractivity contribution in [2.24, 2.45) is 20.8 Å². The maximum absolute atomic E-state index is 12.8. The van der Waals surface area contributed by atoms with Crippen LogP contribution in [0.2, 0.25) is 0 Å². The summed E-state index contributed by atoms with van der Waals surface area (Å²) in [5, 5.41) is 6.25. The van der Waals surface area contributed by atoms with Crippen LogP contribution in [-0.4, -0.2) is 77.9 Å². The van der Waals surface area contributed by atoms with Gasteiger partial charge in [0.05, 0.1) is 19.1 Å². The molecule has 0 aromatic rings. The van der Waals surface area contributed by atoms with E-state index >= 15 is 0 Å². The van der Waals surface area contributed by atoms with Crippen molar-refractivity contribution in [2.45, 2.75) is 129 Å². The average Bonchev–Trinajstić information content (AvgIpc) is 3.27. The molecule has 2 heterocycles. The van der Waals surface area contributed by atoms with E-state index in [0.717, 1.165) is 89.9 Å². The number of carbonyl (C=O) groups excluding carboxylic acids is 4. The third kappa shape index (κ3) is 9.12. The highest BCUT2D eigenvalue weighted by Gasteiger charge is 2.36. The van der Waals surface area contributed by atoms with Crippen molar-refractivity contribution in [3.8, 4) is 0 Å². The van der Waals surface area contributed by atoms with Gasteiger partial charge >= 0.3 is 12.1 Å². The molecule has 4 fully saturated rings. The maximum atomic E-state index is 12.8. The van der Waals surface area contributed by atoms with E-state index in [1.54, 1.807) is 0 Å². The molecule has 0 aromatic carbocycles. The van der Waals surface area contributed by atoms with Gasteiger partial charge < -0.3 is 10.6 Å². The van der Waals surface area contributed by atoms with Crippen molar-refractivity contribution in [3.63, 3.8) is 0 Å². The van der Waals surface area contributed by atoms with Crippen LogP contribution in [-0.2, 0) is 9.59 Å². The van der Waals surface area contributed by atoms with Crippen LogP contribution in [0, 0.1) is 10.8 Å². The van der Waals surface area contributed by atoms with Crippen LogP contribution in [0.15, 0.2) is 9.98 Å². The first-order valence-corrected chi connectivity index (χ1v) is 16.0. The molecule has 2 aliphatic heterocycles. The minimum Gasteiger partial charge on any atom is -0.335 e. The third-order valence-electron chi connectivity index (χ3n) is 9.50. The first kappa shape index (κ1) is 31.2. The maximum Gasteiger partial charge on any atom is 0.324 e. The van der Waals surface area contributed by atoms with Gasteiger partial charge in [0.2, 0.25) is 11.8 Å². The lowest BCUT2D eigenvalue weighted by molar-refractivity contribution is -0.128. The second-order valence-electron chi connectivity index (χ2n) is 13.6. The Bertz CT molecular complexity index is 950. The molecule has 41 heavy (non-hydrogen) atoms. The van der Waals surface area contributed by atoms with E-state index in [2.05, 4.69) is 40.5 Å². The zero-order chi connectivity index (χ0) is 29.3. The average molecular weight is 571 g/mol. The fourth-order valence-electron chi connectivity index (χ4n) is 7.08. The van der Waals surface area contributed by atoms with Crippen molar-refractivity contribution < 1.29 is 19.2 Å². The summed E-state index contributed by atoms with van der Waals surface area (Å²) in [6, 6.07) is 2.54. The molecule has 6 amide bonds. The van der Waals surface area contributed by atoms with Crippen molar-refractivity contribution in [3.05, 3.63) is 0 Å². The number of hydrogen-bond acceptors (Lipinski definition) is 6. The summed E-state index contributed by atoms with van der Waals surface area (Å²) in [7, 11) is 0. The second kappa shape index (κ2) is 14.4. The molecule has 228 valence electrons. The first-order valence-electron chi connectivity index (χ1n) is 16.0. The molecule has 10 nitrogen and oxygen atoms in total. The van der Waals surface area contributed by atoms with Gasteiger partial charge in [0.25, 0.3) is 0 Å². The molecule has 0 spiro atoms. The van der Waals surface area contributed by atoms with Gasteiger partial charge in [-0.05, 0) is 75.0 Å². The number of rotatable bonds is 6. The van der Waals surface area contributed by atoms with E-state index < -0.39 is 0 Å². The molecule has 2 N–H and O–H groups in total. The van der Waals surface area contributed by atoms with Crippen molar-refractivity contribution in [1.82, 2.24) is 20.4 Å². The van der Waals surface area contributed by atoms with Gasteiger partial charge in [0.1, 0.15) is 0 Å². The van der Waals surface area contributed by atoms with Gasteiger partial charge in [-0.1, -0.05) is 39.5 Å². The number of nitrogens with zero attached hydrogens (tertiary/aromatic N) is 4. The Morgan fingerprint density at radius 2 is 1.17 bits per heavy atom. The number of imide groups is 2. The Morgan fingerprint density at radius 3 is 1.61 bits per heavy atom. The molecular formula is C31H50N6O4. The van der Waals surface area contributed by atoms with Crippen LogP contribution in [0.1, 0.15) is 117 Å². The fourth-order valence-corrected chi connectivity index (χ4v) is 7.08. The van der Waals surface area contributed by atoms with Crippen molar-refractivity contribution >= 4 is 29.9 Å². The van der Waals surface area contributed by atoms with Crippen LogP contribution in [0.3, 0.4) is 0 Å². The molecular weight excluding hydrogens is 520 g/mol. The number of likely N-dealkylation sites (tertiary alicyclic amines) is 2. The van der Waals surface area contributed by atoms with Gasteiger partial charge in [-0.3, -0.25) is 19.4 Å². The smallest absolute Gasteiger partial charge is 0.324 e. The lowest BCUT2D eigenvalue weighted by Gasteiger charge is -2.38. The summed E-state index contributed by atoms with van der Waals surface area (Å²) >= 11 is 0. The predicted octanol–water partition coefficient (Wildman–Crippen LogP) is 5.28. The topological polar surface area (TPSA) is 124 Å². The summed E-state index contributed by atoms with van der Waals surface area (Å²) in [5.41, 5.74) is -0.0905. The Kier molecular flexibility index (Phi) is 11.0. The van der Waals surface area contributed by atoms with Gasteiger partial charge in [0.15, 0.2) is 0 Å². The molecule has 2 saturated carbocycles. The quantitative estimate of drug-likeness (QED) is 0.422. The minimum atomic E-state index is -0.246. The van der Waals surface area contributed by atoms with Crippen LogP contribution >= 0.6 is 0 Å². The second-order valence-corrected chi connectivity index (χ2v) is 13.6. The molecule has 2 saturated heterocycles. The summed E-state index contributed by atoms with van der Waals surface area (Å²) in [4.78, 5) is 62.2. The summed E-state index contributed by atoms with van der Waals surface area (Å²) in [5.74, 6) is -0.125. The van der Waals surface area contributed by atoms with E-state index in [1.165, 1.54) is 9.80 Å². The van der Waals surface area contributed by atoms with Crippen LogP contribution in [0.4, 0.5) is 9.59 Å². The molecule has 4 unspecified atom stereocenters. The van der Waals surface area contributed by atoms with E-state index in [0.29, 0.717) is 39.0 Å². The monoisotopic (exact) mass is 570 g/mol. The molecule has 2 aliphatic carbocycles. The summed E-state index contributed by atoms with van der Waals surface area (Å²) < 4.78 is 0. The van der Waals surface area contributed by atoms with E-state index in [4.69, 9.17) is 0 Å². The van der Waals surface area contributed by atoms with Gasteiger partial charge in [-0.25, -0.2) is 19.6 Å².